The van der Waals surface area contributed by atoms with Crippen LogP contribution in [-0.2, 0) is 11.3 Å². The second kappa shape index (κ2) is 7.33. The van der Waals surface area contributed by atoms with Crippen LogP contribution in [0.15, 0.2) is 35.7 Å². The van der Waals surface area contributed by atoms with Gasteiger partial charge < -0.3 is 5.32 Å². The number of halogens is 3. The minimum atomic E-state index is -2.80. The second-order valence-corrected chi connectivity index (χ2v) is 6.08. The lowest BCUT2D eigenvalue weighted by molar-refractivity contribution is -0.123. The number of alkyl halides is 2. The topological polar surface area (TPSA) is 54.0 Å². The van der Waals surface area contributed by atoms with Gasteiger partial charge in [-0.15, -0.1) is 23.7 Å². The van der Waals surface area contributed by atoms with Gasteiger partial charge in [-0.25, -0.2) is 13.8 Å². The summed E-state index contributed by atoms with van der Waals surface area (Å²) in [5, 5.41) is 7.92. The van der Waals surface area contributed by atoms with Crippen LogP contribution in [0.5, 0.6) is 0 Å². The molecule has 0 aliphatic carbocycles. The summed E-state index contributed by atoms with van der Waals surface area (Å²) in [6.07, 6.45) is -0.453. The molecule has 2 heterocycles. The summed E-state index contributed by atoms with van der Waals surface area (Å²) in [7, 11) is 0. The zero-order chi connectivity index (χ0) is 15.6. The molecule has 1 aliphatic rings. The third kappa shape index (κ3) is 4.46. The van der Waals surface area contributed by atoms with Crippen LogP contribution in [0.3, 0.4) is 0 Å². The Hall–Kier alpha value is -1.57. The molecule has 0 radical (unpaired) electrons. The third-order valence-corrected chi connectivity index (χ3v) is 4.38. The SMILES string of the molecule is Cl.O=C(NCc1csc(-c2ccccc2)n1)C1CC(F)(F)CN1. The Morgan fingerprint density at radius 2 is 2.13 bits per heavy atom. The van der Waals surface area contributed by atoms with E-state index in [1.165, 1.54) is 11.3 Å². The summed E-state index contributed by atoms with van der Waals surface area (Å²) < 4.78 is 26.1. The molecule has 1 unspecified atom stereocenters. The first-order valence-electron chi connectivity index (χ1n) is 6.92. The zero-order valence-electron chi connectivity index (χ0n) is 12.1. The van der Waals surface area contributed by atoms with Crippen molar-refractivity contribution >= 4 is 29.7 Å². The molecule has 4 nitrogen and oxygen atoms in total. The normalized spacial score (nSPS) is 19.1. The van der Waals surface area contributed by atoms with Crippen LogP contribution in [0.1, 0.15) is 12.1 Å². The fourth-order valence-electron chi connectivity index (χ4n) is 2.30. The summed E-state index contributed by atoms with van der Waals surface area (Å²) in [5.74, 6) is -3.21. The van der Waals surface area contributed by atoms with Crippen LogP contribution in [-0.4, -0.2) is 29.4 Å². The number of benzene rings is 1. The summed E-state index contributed by atoms with van der Waals surface area (Å²) in [5.41, 5.74) is 1.74. The minimum Gasteiger partial charge on any atom is -0.349 e. The maximum absolute atomic E-state index is 13.1. The van der Waals surface area contributed by atoms with E-state index in [1.54, 1.807) is 0 Å². The zero-order valence-corrected chi connectivity index (χ0v) is 13.7. The molecule has 2 N–H and O–H groups in total. The van der Waals surface area contributed by atoms with Gasteiger partial charge in [0.05, 0.1) is 24.8 Å². The number of hydrogen-bond acceptors (Lipinski definition) is 4. The van der Waals surface area contributed by atoms with Gasteiger partial charge in [0.25, 0.3) is 5.92 Å². The van der Waals surface area contributed by atoms with Gasteiger partial charge >= 0.3 is 0 Å². The number of hydrogen-bond donors (Lipinski definition) is 2. The molecule has 1 fully saturated rings. The fraction of sp³-hybridized carbons (Fsp3) is 0.333. The van der Waals surface area contributed by atoms with Gasteiger partial charge in [-0.05, 0) is 0 Å². The molecule has 3 rings (SSSR count). The molecule has 23 heavy (non-hydrogen) atoms. The Balaban J connectivity index is 0.00000192. The van der Waals surface area contributed by atoms with Crippen molar-refractivity contribution in [3.05, 3.63) is 41.4 Å². The van der Waals surface area contributed by atoms with Crippen LogP contribution in [0.2, 0.25) is 0 Å². The van der Waals surface area contributed by atoms with E-state index < -0.39 is 30.8 Å². The monoisotopic (exact) mass is 359 g/mol. The smallest absolute Gasteiger partial charge is 0.262 e. The van der Waals surface area contributed by atoms with Gasteiger partial charge in [0, 0.05) is 17.4 Å². The van der Waals surface area contributed by atoms with Crippen molar-refractivity contribution in [1.29, 1.82) is 0 Å². The molecule has 1 saturated heterocycles. The minimum absolute atomic E-state index is 0. The Morgan fingerprint density at radius 1 is 1.39 bits per heavy atom. The highest BCUT2D eigenvalue weighted by Crippen LogP contribution is 2.25. The number of carbonyl (C=O) groups is 1. The predicted molar refractivity (Wildman–Crippen MR) is 88.0 cm³/mol. The molecular weight excluding hydrogens is 344 g/mol. The fourth-order valence-corrected chi connectivity index (χ4v) is 3.13. The van der Waals surface area contributed by atoms with Gasteiger partial charge in [0.1, 0.15) is 5.01 Å². The van der Waals surface area contributed by atoms with Crippen LogP contribution >= 0.6 is 23.7 Å². The van der Waals surface area contributed by atoms with E-state index in [0.717, 1.165) is 16.3 Å². The van der Waals surface area contributed by atoms with Crippen molar-refractivity contribution in [2.75, 3.05) is 6.54 Å². The quantitative estimate of drug-likeness (QED) is 0.882. The standard InChI is InChI=1S/C15H15F2N3OS.ClH/c16-15(17)6-12(19-9-15)13(21)18-7-11-8-22-14(20-11)10-4-2-1-3-5-10;/h1-5,8,12,19H,6-7,9H2,(H,18,21);1H. The average molecular weight is 360 g/mol. The highest BCUT2D eigenvalue weighted by molar-refractivity contribution is 7.13. The lowest BCUT2D eigenvalue weighted by Crippen LogP contribution is -2.40. The first-order chi connectivity index (χ1) is 10.5. The maximum atomic E-state index is 13.1. The van der Waals surface area contributed by atoms with Crippen LogP contribution in [0, 0.1) is 0 Å². The predicted octanol–water partition coefficient (Wildman–Crippen LogP) is 2.85. The lowest BCUT2D eigenvalue weighted by atomic mass is 10.2. The van der Waals surface area contributed by atoms with E-state index in [1.807, 2.05) is 35.7 Å². The molecule has 0 bridgehead atoms. The summed E-state index contributed by atoms with van der Waals surface area (Å²) in [4.78, 5) is 16.3. The van der Waals surface area contributed by atoms with E-state index in [9.17, 15) is 13.6 Å². The first kappa shape index (κ1) is 17.8. The Kier molecular flexibility index (Phi) is 5.67. The number of amides is 1. The molecule has 1 aliphatic heterocycles. The van der Waals surface area contributed by atoms with Crippen molar-refractivity contribution in [3.8, 4) is 10.6 Å². The lowest BCUT2D eigenvalue weighted by Gasteiger charge is -2.10. The maximum Gasteiger partial charge on any atom is 0.262 e. The Bertz CT molecular complexity index is 666. The van der Waals surface area contributed by atoms with Gasteiger partial charge in [0.2, 0.25) is 5.91 Å². The van der Waals surface area contributed by atoms with Gasteiger partial charge in [0.15, 0.2) is 0 Å². The van der Waals surface area contributed by atoms with Gasteiger partial charge in [-0.1, -0.05) is 30.3 Å². The van der Waals surface area contributed by atoms with Gasteiger partial charge in [-0.3, -0.25) is 10.1 Å². The molecule has 0 saturated carbocycles. The summed E-state index contributed by atoms with van der Waals surface area (Å²) >= 11 is 1.49. The van der Waals surface area contributed by atoms with Crippen molar-refractivity contribution < 1.29 is 13.6 Å². The molecule has 8 heteroatoms. The van der Waals surface area contributed by atoms with Crippen LogP contribution in [0.4, 0.5) is 8.78 Å². The Morgan fingerprint density at radius 3 is 2.78 bits per heavy atom. The highest BCUT2D eigenvalue weighted by atomic mass is 35.5. The Labute approximate surface area is 142 Å². The van der Waals surface area contributed by atoms with Crippen molar-refractivity contribution in [2.45, 2.75) is 24.9 Å². The number of carbonyl (C=O) groups excluding carboxylic acids is 1. The molecule has 1 aromatic carbocycles. The van der Waals surface area contributed by atoms with Crippen molar-refractivity contribution in [3.63, 3.8) is 0 Å². The first-order valence-corrected chi connectivity index (χ1v) is 7.80. The van der Waals surface area contributed by atoms with Crippen molar-refractivity contribution in [2.24, 2.45) is 0 Å². The number of aromatic nitrogens is 1. The molecule has 0 spiro atoms. The molecule has 2 aromatic rings. The number of nitrogens with one attached hydrogen (secondary N) is 2. The van der Waals surface area contributed by atoms with Gasteiger partial charge in [-0.2, -0.15) is 0 Å². The summed E-state index contributed by atoms with van der Waals surface area (Å²) in [6.45, 7) is -0.203. The third-order valence-electron chi connectivity index (χ3n) is 3.44. The number of thiazole rings is 1. The van der Waals surface area contributed by atoms with E-state index in [-0.39, 0.29) is 19.0 Å². The molecule has 1 amide bonds. The van der Waals surface area contributed by atoms with E-state index in [2.05, 4.69) is 15.6 Å². The van der Waals surface area contributed by atoms with Crippen molar-refractivity contribution in [1.82, 2.24) is 15.6 Å². The van der Waals surface area contributed by atoms with E-state index in [4.69, 9.17) is 0 Å². The van der Waals surface area contributed by atoms with Crippen LogP contribution in [0.25, 0.3) is 10.6 Å². The van der Waals surface area contributed by atoms with E-state index >= 15 is 0 Å². The largest absolute Gasteiger partial charge is 0.349 e. The van der Waals surface area contributed by atoms with Crippen LogP contribution < -0.4 is 10.6 Å². The molecule has 124 valence electrons. The average Bonchev–Trinajstić information content (AvgIpc) is 3.12. The van der Waals surface area contributed by atoms with E-state index in [0.29, 0.717) is 0 Å². The summed E-state index contributed by atoms with van der Waals surface area (Å²) in [6, 6.07) is 8.90. The molecule has 1 atom stereocenters. The highest BCUT2D eigenvalue weighted by Gasteiger charge is 2.42. The number of rotatable bonds is 4. The molecular formula is C15H16ClF2N3OS. The second-order valence-electron chi connectivity index (χ2n) is 5.22. The number of nitrogens with zero attached hydrogens (tertiary/aromatic N) is 1. The molecule has 1 aromatic heterocycles.